The Kier molecular flexibility index (Phi) is 8.79. The molecule has 1 aromatic carbocycles. The first-order valence-electron chi connectivity index (χ1n) is 12.0. The first kappa shape index (κ1) is 27.0. The highest BCUT2D eigenvalue weighted by Gasteiger charge is 2.44. The number of hydrogen-bond donors (Lipinski definition) is 3. The lowest BCUT2D eigenvalue weighted by atomic mass is 9.76. The molecule has 0 saturated carbocycles. The summed E-state index contributed by atoms with van der Waals surface area (Å²) in [6, 6.07) is 7.15. The fourth-order valence-corrected chi connectivity index (χ4v) is 5.23. The zero-order chi connectivity index (χ0) is 25.8. The van der Waals surface area contributed by atoms with Gasteiger partial charge in [-0.1, -0.05) is 45.0 Å². The summed E-state index contributed by atoms with van der Waals surface area (Å²) in [5, 5.41) is 13.2. The topological polar surface area (TPSA) is 126 Å². The maximum absolute atomic E-state index is 13.5. The van der Waals surface area contributed by atoms with Gasteiger partial charge in [-0.3, -0.25) is 14.4 Å². The summed E-state index contributed by atoms with van der Waals surface area (Å²) < 4.78 is 0. The van der Waals surface area contributed by atoms with Gasteiger partial charge in [-0.25, -0.2) is 4.98 Å². The van der Waals surface area contributed by atoms with Gasteiger partial charge >= 0.3 is 0 Å². The van der Waals surface area contributed by atoms with Crippen molar-refractivity contribution in [3.8, 4) is 10.4 Å². The molecule has 2 aromatic rings. The SMILES string of the molecule is Cc1ncsc1-c1ccc(CNC(=O)[C@@H]2C[C@@H](O)CN2C(=O)[C@@H](CC(=O)CCN)C(C)(C)C)cc1. The van der Waals surface area contributed by atoms with Gasteiger partial charge in [-0.2, -0.15) is 0 Å². The minimum absolute atomic E-state index is 0.0708. The molecule has 1 aliphatic rings. The Morgan fingerprint density at radius 2 is 1.94 bits per heavy atom. The molecule has 2 amide bonds. The predicted octanol–water partition coefficient (Wildman–Crippen LogP) is 2.67. The van der Waals surface area contributed by atoms with Crippen molar-refractivity contribution in [1.29, 1.82) is 0 Å². The van der Waals surface area contributed by atoms with Crippen LogP contribution in [0.15, 0.2) is 29.8 Å². The fraction of sp³-hybridized carbons (Fsp3) is 0.538. The molecule has 1 aromatic heterocycles. The third kappa shape index (κ3) is 6.74. The number of aliphatic hydroxyl groups excluding tert-OH is 1. The van der Waals surface area contributed by atoms with E-state index in [2.05, 4.69) is 10.3 Å². The van der Waals surface area contributed by atoms with Crippen LogP contribution in [0.3, 0.4) is 0 Å². The Balaban J connectivity index is 1.67. The van der Waals surface area contributed by atoms with Gasteiger partial charge in [0.05, 0.1) is 22.2 Å². The van der Waals surface area contributed by atoms with E-state index in [9.17, 15) is 19.5 Å². The molecule has 2 heterocycles. The Morgan fingerprint density at radius 3 is 2.51 bits per heavy atom. The van der Waals surface area contributed by atoms with Crippen LogP contribution in [0, 0.1) is 18.3 Å². The third-order valence-corrected chi connectivity index (χ3v) is 7.47. The summed E-state index contributed by atoms with van der Waals surface area (Å²) in [4.78, 5) is 45.7. The van der Waals surface area contributed by atoms with E-state index >= 15 is 0 Å². The number of amides is 2. The minimum atomic E-state index is -0.781. The van der Waals surface area contributed by atoms with E-state index in [-0.39, 0.29) is 49.9 Å². The van der Waals surface area contributed by atoms with Crippen molar-refractivity contribution >= 4 is 28.9 Å². The number of ketones is 1. The second-order valence-electron chi connectivity index (χ2n) is 10.3. The summed E-state index contributed by atoms with van der Waals surface area (Å²) in [5.74, 6) is -1.24. The molecule has 0 radical (unpaired) electrons. The van der Waals surface area contributed by atoms with Crippen molar-refractivity contribution in [3.63, 3.8) is 0 Å². The summed E-state index contributed by atoms with van der Waals surface area (Å²) >= 11 is 1.59. The van der Waals surface area contributed by atoms with Gasteiger partial charge in [-0.15, -0.1) is 11.3 Å². The zero-order valence-corrected chi connectivity index (χ0v) is 21.7. The lowest BCUT2D eigenvalue weighted by Crippen LogP contribution is -2.50. The van der Waals surface area contributed by atoms with Crippen LogP contribution in [-0.2, 0) is 20.9 Å². The fourth-order valence-electron chi connectivity index (χ4n) is 4.42. The highest BCUT2D eigenvalue weighted by Crippen LogP contribution is 2.33. The summed E-state index contributed by atoms with van der Waals surface area (Å²) in [5.41, 5.74) is 9.84. The third-order valence-electron chi connectivity index (χ3n) is 6.49. The number of aryl methyl sites for hydroxylation is 1. The molecule has 0 bridgehead atoms. The molecule has 0 aliphatic carbocycles. The Hall–Kier alpha value is -2.62. The first-order chi connectivity index (χ1) is 16.5. The number of aromatic nitrogens is 1. The van der Waals surface area contributed by atoms with Gasteiger partial charge in [0, 0.05) is 38.3 Å². The standard InChI is InChI=1S/C26H36N4O4S/c1-16-23(35-15-29-16)18-7-5-17(6-8-18)13-28-24(33)22-12-20(32)14-30(22)25(34)21(26(2,3)4)11-19(31)9-10-27/h5-8,15,20-22,32H,9-14,27H2,1-4H3,(H,28,33)/t20-,21-,22+/m1/s1. The lowest BCUT2D eigenvalue weighted by Gasteiger charge is -2.34. The summed E-state index contributed by atoms with van der Waals surface area (Å²) in [7, 11) is 0. The van der Waals surface area contributed by atoms with Crippen LogP contribution in [0.25, 0.3) is 10.4 Å². The molecule has 8 nitrogen and oxygen atoms in total. The quantitative estimate of drug-likeness (QED) is 0.486. The summed E-state index contributed by atoms with van der Waals surface area (Å²) in [6.45, 7) is 8.33. The van der Waals surface area contributed by atoms with Crippen LogP contribution in [-0.4, -0.2) is 57.8 Å². The normalized spacial score (nSPS) is 19.0. The highest BCUT2D eigenvalue weighted by molar-refractivity contribution is 7.13. The molecule has 4 N–H and O–H groups in total. The molecule has 3 atom stereocenters. The molecule has 1 aliphatic heterocycles. The molecule has 0 spiro atoms. The molecule has 0 unspecified atom stereocenters. The van der Waals surface area contributed by atoms with Crippen LogP contribution < -0.4 is 11.1 Å². The lowest BCUT2D eigenvalue weighted by molar-refractivity contribution is -0.146. The average molecular weight is 501 g/mol. The van der Waals surface area contributed by atoms with Gasteiger partial charge in [0.1, 0.15) is 11.8 Å². The number of likely N-dealkylation sites (tertiary alicyclic amines) is 1. The molecular weight excluding hydrogens is 464 g/mol. The molecule has 3 rings (SSSR count). The van der Waals surface area contributed by atoms with Gasteiger partial charge in [0.25, 0.3) is 0 Å². The Bertz CT molecular complexity index is 1040. The number of aliphatic hydroxyl groups is 1. The number of carbonyl (C=O) groups excluding carboxylic acids is 3. The highest BCUT2D eigenvalue weighted by atomic mass is 32.1. The van der Waals surface area contributed by atoms with Gasteiger partial charge in [-0.05, 0) is 30.0 Å². The van der Waals surface area contributed by atoms with Crippen LogP contribution >= 0.6 is 11.3 Å². The summed E-state index contributed by atoms with van der Waals surface area (Å²) in [6.07, 6.45) is -0.314. The monoisotopic (exact) mass is 500 g/mol. The number of β-amino-alcohol motifs (C(OH)–C–C–N with tert-alkyl or cyclic N) is 1. The van der Waals surface area contributed by atoms with Crippen LogP contribution in [0.4, 0.5) is 0 Å². The zero-order valence-electron chi connectivity index (χ0n) is 20.9. The van der Waals surface area contributed by atoms with Crippen molar-refractivity contribution in [3.05, 3.63) is 41.0 Å². The van der Waals surface area contributed by atoms with Gasteiger partial charge < -0.3 is 21.1 Å². The first-order valence-corrected chi connectivity index (χ1v) is 12.9. The maximum Gasteiger partial charge on any atom is 0.243 e. The molecular formula is C26H36N4O4S. The smallest absolute Gasteiger partial charge is 0.243 e. The van der Waals surface area contributed by atoms with Crippen molar-refractivity contribution < 1.29 is 19.5 Å². The number of hydrogen-bond acceptors (Lipinski definition) is 7. The van der Waals surface area contributed by atoms with Gasteiger partial charge in [0.2, 0.25) is 11.8 Å². The largest absolute Gasteiger partial charge is 0.391 e. The minimum Gasteiger partial charge on any atom is -0.391 e. The number of thiazole rings is 1. The van der Waals surface area contributed by atoms with E-state index < -0.39 is 23.5 Å². The van der Waals surface area contributed by atoms with E-state index in [0.717, 1.165) is 21.7 Å². The number of Topliss-reactive ketones (excluding diaryl/α,β-unsaturated/α-hetero) is 1. The van der Waals surface area contributed by atoms with E-state index in [1.165, 1.54) is 4.90 Å². The van der Waals surface area contributed by atoms with E-state index in [4.69, 9.17) is 5.73 Å². The number of nitrogens with two attached hydrogens (primary N) is 1. The van der Waals surface area contributed by atoms with E-state index in [0.29, 0.717) is 6.54 Å². The molecule has 35 heavy (non-hydrogen) atoms. The number of benzene rings is 1. The Morgan fingerprint density at radius 1 is 1.26 bits per heavy atom. The van der Waals surface area contributed by atoms with E-state index in [1.54, 1.807) is 11.3 Å². The second kappa shape index (κ2) is 11.4. The van der Waals surface area contributed by atoms with E-state index in [1.807, 2.05) is 57.5 Å². The maximum atomic E-state index is 13.5. The Labute approximate surface area is 210 Å². The van der Waals surface area contributed by atoms with Gasteiger partial charge in [0.15, 0.2) is 0 Å². The molecule has 190 valence electrons. The van der Waals surface area contributed by atoms with Crippen molar-refractivity contribution in [2.45, 2.75) is 65.6 Å². The number of rotatable bonds is 9. The number of carbonyl (C=O) groups is 3. The number of nitrogens with one attached hydrogen (secondary N) is 1. The molecule has 9 heteroatoms. The van der Waals surface area contributed by atoms with Crippen molar-refractivity contribution in [2.24, 2.45) is 17.1 Å². The predicted molar refractivity (Wildman–Crippen MR) is 136 cm³/mol. The van der Waals surface area contributed by atoms with Crippen LogP contribution in [0.1, 0.15) is 51.3 Å². The van der Waals surface area contributed by atoms with Crippen LogP contribution in [0.2, 0.25) is 0 Å². The number of nitrogens with zero attached hydrogens (tertiary/aromatic N) is 2. The molecule has 1 fully saturated rings. The molecule has 1 saturated heterocycles. The van der Waals surface area contributed by atoms with Crippen molar-refractivity contribution in [2.75, 3.05) is 13.1 Å². The van der Waals surface area contributed by atoms with Crippen molar-refractivity contribution in [1.82, 2.24) is 15.2 Å². The van der Waals surface area contributed by atoms with Crippen LogP contribution in [0.5, 0.6) is 0 Å². The second-order valence-corrected chi connectivity index (χ2v) is 11.1. The average Bonchev–Trinajstić information content (AvgIpc) is 3.40.